The van der Waals surface area contributed by atoms with Gasteiger partial charge in [-0.2, -0.15) is 4.98 Å². The summed E-state index contributed by atoms with van der Waals surface area (Å²) in [5.41, 5.74) is 1.79. The Kier molecular flexibility index (Phi) is 6.86. The van der Waals surface area contributed by atoms with Gasteiger partial charge in [-0.3, -0.25) is 9.69 Å². The molecule has 8 heteroatoms. The van der Waals surface area contributed by atoms with Crippen molar-refractivity contribution in [3.05, 3.63) is 58.9 Å². The van der Waals surface area contributed by atoms with E-state index in [2.05, 4.69) is 36.3 Å². The predicted molar refractivity (Wildman–Crippen MR) is 122 cm³/mol. The molecule has 0 spiro atoms. The maximum atomic E-state index is 12.8. The number of anilines is 1. The molecule has 3 aromatic rings. The number of nitrogens with zero attached hydrogens (tertiary/aromatic N) is 3. The average Bonchev–Trinajstić information content (AvgIpc) is 3.23. The lowest BCUT2D eigenvalue weighted by Crippen LogP contribution is -2.40. The molecule has 1 N–H and O–H groups in total. The maximum Gasteiger partial charge on any atom is 0.241 e. The molecule has 0 radical (unpaired) electrons. The molecule has 6 nitrogen and oxygen atoms in total. The van der Waals surface area contributed by atoms with Crippen molar-refractivity contribution in [3.8, 4) is 11.4 Å². The number of nitrogens with one attached hydrogen (secondary N) is 1. The Bertz CT molecular complexity index is 1010. The van der Waals surface area contributed by atoms with Crippen LogP contribution in [0.1, 0.15) is 18.7 Å². The highest BCUT2D eigenvalue weighted by molar-refractivity contribution is 9.10. The zero-order chi connectivity index (χ0) is 20.9. The molecule has 1 fully saturated rings. The zero-order valence-corrected chi connectivity index (χ0v) is 19.1. The van der Waals surface area contributed by atoms with Gasteiger partial charge in [-0.25, -0.2) is 0 Å². The fraction of sp³-hybridized carbons (Fsp3) is 0.318. The minimum atomic E-state index is -0.0532. The number of hydrogen-bond acceptors (Lipinski definition) is 6. The Morgan fingerprint density at radius 1 is 1.27 bits per heavy atom. The minimum absolute atomic E-state index is 0.0532. The third-order valence-corrected chi connectivity index (χ3v) is 6.50. The van der Waals surface area contributed by atoms with Gasteiger partial charge in [-0.15, -0.1) is 11.8 Å². The van der Waals surface area contributed by atoms with Gasteiger partial charge in [0, 0.05) is 21.5 Å². The molecular formula is C22H23BrN4O2S. The van der Waals surface area contributed by atoms with Gasteiger partial charge >= 0.3 is 0 Å². The largest absolute Gasteiger partial charge is 0.338 e. The molecule has 1 aliphatic rings. The number of amides is 1. The summed E-state index contributed by atoms with van der Waals surface area (Å²) in [5.74, 6) is 1.17. The molecule has 2 aromatic carbocycles. The number of halogens is 1. The summed E-state index contributed by atoms with van der Waals surface area (Å²) in [6, 6.07) is 15.7. The number of aromatic nitrogens is 2. The fourth-order valence-electron chi connectivity index (χ4n) is 3.62. The lowest BCUT2D eigenvalue weighted by Gasteiger charge is -2.31. The van der Waals surface area contributed by atoms with Gasteiger partial charge in [0.25, 0.3) is 0 Å². The average molecular weight is 487 g/mol. The van der Waals surface area contributed by atoms with Crippen LogP contribution in [-0.4, -0.2) is 40.3 Å². The van der Waals surface area contributed by atoms with Gasteiger partial charge < -0.3 is 9.84 Å². The quantitative estimate of drug-likeness (QED) is 0.490. The van der Waals surface area contributed by atoms with E-state index in [1.54, 1.807) is 11.8 Å². The van der Waals surface area contributed by atoms with Gasteiger partial charge in [0.05, 0.1) is 18.2 Å². The number of piperidine rings is 1. The van der Waals surface area contributed by atoms with Gasteiger partial charge in [-0.05, 0) is 62.0 Å². The molecule has 1 aromatic heterocycles. The van der Waals surface area contributed by atoms with E-state index < -0.39 is 0 Å². The molecular weight excluding hydrogens is 464 g/mol. The molecule has 1 aliphatic heterocycles. The van der Waals surface area contributed by atoms with Crippen molar-refractivity contribution in [2.45, 2.75) is 24.3 Å². The van der Waals surface area contributed by atoms with Gasteiger partial charge in [0.15, 0.2) is 0 Å². The monoisotopic (exact) mass is 486 g/mol. The zero-order valence-electron chi connectivity index (χ0n) is 16.7. The van der Waals surface area contributed by atoms with E-state index in [0.717, 1.165) is 40.0 Å². The molecule has 30 heavy (non-hydrogen) atoms. The first-order valence-electron chi connectivity index (χ1n) is 9.87. The second-order valence-electron chi connectivity index (χ2n) is 7.28. The summed E-state index contributed by atoms with van der Waals surface area (Å²) in [5, 5.41) is 7.21. The van der Waals surface area contributed by atoms with Crippen LogP contribution < -0.4 is 5.32 Å². The van der Waals surface area contributed by atoms with Gasteiger partial charge in [0.1, 0.15) is 0 Å². The first-order valence-corrected chi connectivity index (χ1v) is 11.9. The third kappa shape index (κ3) is 5.11. The van der Waals surface area contributed by atoms with Crippen LogP contribution in [0.15, 0.2) is 62.4 Å². The number of para-hydroxylation sites is 1. The van der Waals surface area contributed by atoms with Crippen LogP contribution in [0.4, 0.5) is 5.69 Å². The van der Waals surface area contributed by atoms with E-state index in [-0.39, 0.29) is 11.8 Å². The Morgan fingerprint density at radius 3 is 2.87 bits per heavy atom. The smallest absolute Gasteiger partial charge is 0.241 e. The van der Waals surface area contributed by atoms with Crippen molar-refractivity contribution in [1.82, 2.24) is 15.0 Å². The van der Waals surface area contributed by atoms with Crippen molar-refractivity contribution in [2.75, 3.05) is 24.7 Å². The van der Waals surface area contributed by atoms with E-state index in [4.69, 9.17) is 4.52 Å². The SMILES string of the molecule is CSc1ccccc1NC(=O)C1CCCN(Cc2nc(-c3ccc(Br)cc3)no2)C1. The summed E-state index contributed by atoms with van der Waals surface area (Å²) in [6.45, 7) is 2.15. The number of hydrogen-bond donors (Lipinski definition) is 1. The van der Waals surface area contributed by atoms with Crippen LogP contribution in [0.5, 0.6) is 0 Å². The van der Waals surface area contributed by atoms with Gasteiger partial charge in [-0.1, -0.05) is 33.2 Å². The third-order valence-electron chi connectivity index (χ3n) is 5.17. The van der Waals surface area contributed by atoms with E-state index in [9.17, 15) is 4.79 Å². The van der Waals surface area contributed by atoms with E-state index in [0.29, 0.717) is 24.8 Å². The fourth-order valence-corrected chi connectivity index (χ4v) is 4.44. The van der Waals surface area contributed by atoms with Gasteiger partial charge in [0.2, 0.25) is 17.6 Å². The maximum absolute atomic E-state index is 12.8. The molecule has 0 bridgehead atoms. The number of carbonyl (C=O) groups excluding carboxylic acids is 1. The summed E-state index contributed by atoms with van der Waals surface area (Å²) in [6.07, 6.45) is 3.87. The molecule has 1 atom stereocenters. The summed E-state index contributed by atoms with van der Waals surface area (Å²) < 4.78 is 6.46. The lowest BCUT2D eigenvalue weighted by atomic mass is 9.97. The normalized spacial score (nSPS) is 17.1. The summed E-state index contributed by atoms with van der Waals surface area (Å²) in [7, 11) is 0. The number of likely N-dealkylation sites (tertiary alicyclic amines) is 1. The second kappa shape index (κ2) is 9.76. The van der Waals surface area contributed by atoms with Crippen LogP contribution in [-0.2, 0) is 11.3 Å². The van der Waals surface area contributed by atoms with Crippen LogP contribution >= 0.6 is 27.7 Å². The van der Waals surface area contributed by atoms with E-state index >= 15 is 0 Å². The topological polar surface area (TPSA) is 71.3 Å². The van der Waals surface area contributed by atoms with E-state index in [1.165, 1.54) is 0 Å². The Hall–Kier alpha value is -2.16. The molecule has 0 saturated carbocycles. The lowest BCUT2D eigenvalue weighted by molar-refractivity contribution is -0.121. The molecule has 2 heterocycles. The molecule has 156 valence electrons. The van der Waals surface area contributed by atoms with Crippen LogP contribution in [0.25, 0.3) is 11.4 Å². The molecule has 1 saturated heterocycles. The highest BCUT2D eigenvalue weighted by Crippen LogP contribution is 2.27. The van der Waals surface area contributed by atoms with Crippen LogP contribution in [0.2, 0.25) is 0 Å². The van der Waals surface area contributed by atoms with Crippen molar-refractivity contribution in [2.24, 2.45) is 5.92 Å². The Morgan fingerprint density at radius 2 is 2.07 bits per heavy atom. The standard InChI is InChI=1S/C22H23BrN4O2S/c1-30-19-7-3-2-6-18(19)24-22(28)16-5-4-12-27(13-16)14-20-25-21(26-29-20)15-8-10-17(23)11-9-15/h2-3,6-11,16H,4-5,12-14H2,1H3,(H,24,28). The number of carbonyl (C=O) groups is 1. The van der Waals surface area contributed by atoms with Crippen LogP contribution in [0, 0.1) is 5.92 Å². The Balaban J connectivity index is 1.37. The predicted octanol–water partition coefficient (Wildman–Crippen LogP) is 5.07. The number of rotatable bonds is 6. The van der Waals surface area contributed by atoms with Crippen molar-refractivity contribution in [1.29, 1.82) is 0 Å². The molecule has 1 unspecified atom stereocenters. The van der Waals surface area contributed by atoms with Crippen molar-refractivity contribution < 1.29 is 9.32 Å². The summed E-state index contributed by atoms with van der Waals surface area (Å²) in [4.78, 5) is 20.7. The minimum Gasteiger partial charge on any atom is -0.338 e. The van der Waals surface area contributed by atoms with Crippen LogP contribution in [0.3, 0.4) is 0 Å². The Labute approximate surface area is 188 Å². The molecule has 0 aliphatic carbocycles. The first-order chi connectivity index (χ1) is 14.6. The highest BCUT2D eigenvalue weighted by atomic mass is 79.9. The van der Waals surface area contributed by atoms with Crippen molar-refractivity contribution in [3.63, 3.8) is 0 Å². The molecule has 1 amide bonds. The first kappa shape index (κ1) is 21.1. The number of benzene rings is 2. The van der Waals surface area contributed by atoms with E-state index in [1.807, 2.05) is 54.8 Å². The second-order valence-corrected chi connectivity index (χ2v) is 9.05. The molecule has 4 rings (SSSR count). The van der Waals surface area contributed by atoms with Crippen molar-refractivity contribution >= 4 is 39.3 Å². The highest BCUT2D eigenvalue weighted by Gasteiger charge is 2.27. The summed E-state index contributed by atoms with van der Waals surface area (Å²) >= 11 is 5.06. The number of thioether (sulfide) groups is 1.